The van der Waals surface area contributed by atoms with Gasteiger partial charge in [0.15, 0.2) is 0 Å². The summed E-state index contributed by atoms with van der Waals surface area (Å²) in [6.45, 7) is 2.71. The molecule has 1 aliphatic heterocycles. The molecule has 0 bridgehead atoms. The number of carbonyl (C=O) groups excluding carboxylic acids is 1. The van der Waals surface area contributed by atoms with Crippen molar-refractivity contribution in [3.63, 3.8) is 0 Å². The minimum atomic E-state index is -0.169. The van der Waals surface area contributed by atoms with E-state index >= 15 is 0 Å². The molecule has 0 radical (unpaired) electrons. The van der Waals surface area contributed by atoms with Crippen LogP contribution in [0.5, 0.6) is 0 Å². The number of nitrogens with one attached hydrogen (secondary N) is 2. The van der Waals surface area contributed by atoms with Gasteiger partial charge in [0.05, 0.1) is 13.2 Å². The standard InChI is InChI=1S/C15H21FN2O2S.ClH/c16-14-4-2-1-3-12(14)11-21-8-6-18-15(19)9-13-10-20-7-5-17-13;/h1-4,13,17H,5-11H2,(H,18,19);1H. The summed E-state index contributed by atoms with van der Waals surface area (Å²) in [7, 11) is 0. The van der Waals surface area contributed by atoms with E-state index in [2.05, 4.69) is 10.6 Å². The van der Waals surface area contributed by atoms with E-state index < -0.39 is 0 Å². The van der Waals surface area contributed by atoms with E-state index in [1.54, 1.807) is 23.9 Å². The predicted octanol–water partition coefficient (Wildman–Crippen LogP) is 1.98. The number of hydrogen-bond acceptors (Lipinski definition) is 4. The molecule has 0 saturated carbocycles. The van der Waals surface area contributed by atoms with Crippen LogP contribution >= 0.6 is 24.2 Å². The number of benzene rings is 1. The van der Waals surface area contributed by atoms with Gasteiger partial charge in [-0.2, -0.15) is 11.8 Å². The lowest BCUT2D eigenvalue weighted by Crippen LogP contribution is -2.44. The van der Waals surface area contributed by atoms with Crippen LogP contribution in [0.25, 0.3) is 0 Å². The minimum absolute atomic E-state index is 0. The Bertz CT molecular complexity index is 459. The molecule has 4 nitrogen and oxygen atoms in total. The molecular weight excluding hydrogens is 327 g/mol. The van der Waals surface area contributed by atoms with E-state index in [4.69, 9.17) is 4.74 Å². The zero-order valence-electron chi connectivity index (χ0n) is 12.3. The zero-order valence-corrected chi connectivity index (χ0v) is 14.0. The molecule has 1 aliphatic rings. The molecule has 0 aromatic heterocycles. The number of morpholine rings is 1. The molecule has 1 amide bonds. The Morgan fingerprint density at radius 2 is 2.27 bits per heavy atom. The van der Waals surface area contributed by atoms with Crippen molar-refractivity contribution >= 4 is 30.1 Å². The molecule has 7 heteroatoms. The maximum absolute atomic E-state index is 13.4. The largest absolute Gasteiger partial charge is 0.378 e. The molecule has 124 valence electrons. The number of halogens is 2. The Morgan fingerprint density at radius 3 is 3.00 bits per heavy atom. The van der Waals surface area contributed by atoms with Gasteiger partial charge in [0.2, 0.25) is 5.91 Å². The summed E-state index contributed by atoms with van der Waals surface area (Å²) in [6, 6.07) is 6.89. The molecule has 22 heavy (non-hydrogen) atoms. The highest BCUT2D eigenvalue weighted by atomic mass is 35.5. The van der Waals surface area contributed by atoms with Crippen LogP contribution in [0.1, 0.15) is 12.0 Å². The normalized spacial score (nSPS) is 17.6. The first-order valence-corrected chi connectivity index (χ1v) is 8.30. The number of ether oxygens (including phenoxy) is 1. The van der Waals surface area contributed by atoms with Gasteiger partial charge < -0.3 is 15.4 Å². The van der Waals surface area contributed by atoms with Gasteiger partial charge in [0.25, 0.3) is 0 Å². The summed E-state index contributed by atoms with van der Waals surface area (Å²) < 4.78 is 18.7. The van der Waals surface area contributed by atoms with Gasteiger partial charge in [-0.15, -0.1) is 12.4 Å². The summed E-state index contributed by atoms with van der Waals surface area (Å²) >= 11 is 1.61. The SMILES string of the molecule is Cl.O=C(CC1COCCN1)NCCSCc1ccccc1F. The zero-order chi connectivity index (χ0) is 14.9. The Morgan fingerprint density at radius 1 is 1.45 bits per heavy atom. The molecule has 2 N–H and O–H groups in total. The van der Waals surface area contributed by atoms with Crippen molar-refractivity contribution in [2.45, 2.75) is 18.2 Å². The summed E-state index contributed by atoms with van der Waals surface area (Å²) in [5, 5.41) is 6.13. The quantitative estimate of drug-likeness (QED) is 0.740. The second kappa shape index (κ2) is 10.8. The fourth-order valence-corrected chi connectivity index (χ4v) is 2.95. The Balaban J connectivity index is 0.00000242. The second-order valence-electron chi connectivity index (χ2n) is 4.92. The van der Waals surface area contributed by atoms with Gasteiger partial charge in [0, 0.05) is 37.1 Å². The van der Waals surface area contributed by atoms with Crippen LogP contribution in [0.4, 0.5) is 4.39 Å². The van der Waals surface area contributed by atoms with Gasteiger partial charge in [-0.3, -0.25) is 4.79 Å². The first-order valence-electron chi connectivity index (χ1n) is 7.14. The van der Waals surface area contributed by atoms with Crippen molar-refractivity contribution in [2.75, 3.05) is 32.1 Å². The molecule has 1 heterocycles. The topological polar surface area (TPSA) is 50.4 Å². The van der Waals surface area contributed by atoms with Crippen LogP contribution in [0.15, 0.2) is 24.3 Å². The molecule has 0 aliphatic carbocycles. The highest BCUT2D eigenvalue weighted by Gasteiger charge is 2.16. The average Bonchev–Trinajstić information content (AvgIpc) is 2.50. The Labute approximate surface area is 141 Å². The van der Waals surface area contributed by atoms with Crippen LogP contribution < -0.4 is 10.6 Å². The van der Waals surface area contributed by atoms with Crippen LogP contribution in [-0.4, -0.2) is 44.0 Å². The van der Waals surface area contributed by atoms with Crippen molar-refractivity contribution < 1.29 is 13.9 Å². The minimum Gasteiger partial charge on any atom is -0.378 e. The number of amides is 1. The van der Waals surface area contributed by atoms with Crippen LogP contribution in [-0.2, 0) is 15.3 Å². The third kappa shape index (κ3) is 6.96. The highest BCUT2D eigenvalue weighted by molar-refractivity contribution is 7.98. The van der Waals surface area contributed by atoms with Gasteiger partial charge in [-0.1, -0.05) is 18.2 Å². The lowest BCUT2D eigenvalue weighted by Gasteiger charge is -2.23. The van der Waals surface area contributed by atoms with E-state index in [1.807, 2.05) is 6.07 Å². The average molecular weight is 349 g/mol. The van der Waals surface area contributed by atoms with Crippen molar-refractivity contribution in [1.29, 1.82) is 0 Å². The van der Waals surface area contributed by atoms with E-state index in [1.165, 1.54) is 6.07 Å². The smallest absolute Gasteiger partial charge is 0.221 e. The monoisotopic (exact) mass is 348 g/mol. The number of rotatable bonds is 7. The molecule has 1 aromatic carbocycles. The van der Waals surface area contributed by atoms with Crippen molar-refractivity contribution in [3.8, 4) is 0 Å². The second-order valence-corrected chi connectivity index (χ2v) is 6.03. The lowest BCUT2D eigenvalue weighted by molar-refractivity contribution is -0.122. The maximum Gasteiger partial charge on any atom is 0.221 e. The summed E-state index contributed by atoms with van der Waals surface area (Å²) in [5.74, 6) is 1.26. The van der Waals surface area contributed by atoms with Crippen molar-refractivity contribution in [3.05, 3.63) is 35.6 Å². The van der Waals surface area contributed by atoms with E-state index in [0.29, 0.717) is 37.5 Å². The maximum atomic E-state index is 13.4. The van der Waals surface area contributed by atoms with Gasteiger partial charge in [-0.05, 0) is 11.6 Å². The van der Waals surface area contributed by atoms with E-state index in [9.17, 15) is 9.18 Å². The van der Waals surface area contributed by atoms with Crippen LogP contribution in [0.3, 0.4) is 0 Å². The third-order valence-electron chi connectivity index (χ3n) is 3.21. The Kier molecular flexibility index (Phi) is 9.47. The summed E-state index contributed by atoms with van der Waals surface area (Å²) in [4.78, 5) is 11.7. The number of hydrogen-bond donors (Lipinski definition) is 2. The summed E-state index contributed by atoms with van der Waals surface area (Å²) in [6.07, 6.45) is 0.442. The fraction of sp³-hybridized carbons (Fsp3) is 0.533. The third-order valence-corrected chi connectivity index (χ3v) is 4.22. The molecule has 1 saturated heterocycles. The molecule has 0 spiro atoms. The first-order chi connectivity index (χ1) is 10.3. The number of thioether (sulfide) groups is 1. The van der Waals surface area contributed by atoms with Crippen molar-refractivity contribution in [2.24, 2.45) is 0 Å². The van der Waals surface area contributed by atoms with Gasteiger partial charge in [0.1, 0.15) is 5.82 Å². The Hall–Kier alpha value is -0.820. The van der Waals surface area contributed by atoms with E-state index in [-0.39, 0.29) is 30.2 Å². The molecule has 1 fully saturated rings. The fourth-order valence-electron chi connectivity index (χ4n) is 2.11. The molecule has 2 rings (SSSR count). The molecule has 1 unspecified atom stereocenters. The molecule has 1 atom stereocenters. The number of carbonyl (C=O) groups is 1. The van der Waals surface area contributed by atoms with Crippen LogP contribution in [0.2, 0.25) is 0 Å². The van der Waals surface area contributed by atoms with Gasteiger partial charge in [-0.25, -0.2) is 4.39 Å². The highest BCUT2D eigenvalue weighted by Crippen LogP contribution is 2.14. The predicted molar refractivity (Wildman–Crippen MR) is 90.0 cm³/mol. The van der Waals surface area contributed by atoms with Crippen molar-refractivity contribution in [1.82, 2.24) is 10.6 Å². The summed E-state index contributed by atoms with van der Waals surface area (Å²) in [5.41, 5.74) is 0.706. The first kappa shape index (κ1) is 19.2. The van der Waals surface area contributed by atoms with Gasteiger partial charge >= 0.3 is 0 Å². The van der Waals surface area contributed by atoms with E-state index in [0.717, 1.165) is 12.3 Å². The van der Waals surface area contributed by atoms with Crippen LogP contribution in [0, 0.1) is 5.82 Å². The molecular formula is C15H22ClFN2O2S. The lowest BCUT2D eigenvalue weighted by atomic mass is 10.2. The molecule has 1 aromatic rings.